The fraction of sp³-hybridized carbons (Fsp3) is 0.265. The zero-order valence-electron chi connectivity index (χ0n) is 26.3. The summed E-state index contributed by atoms with van der Waals surface area (Å²) >= 11 is 0. The number of hydrogen-bond donors (Lipinski definition) is 2. The van der Waals surface area contributed by atoms with Crippen molar-refractivity contribution in [3.05, 3.63) is 90.1 Å². The average Bonchev–Trinajstić information content (AvgIpc) is 3.51. The Morgan fingerprint density at radius 1 is 1.07 bits per heavy atom. The summed E-state index contributed by atoms with van der Waals surface area (Å²) in [4.78, 5) is 28.1. The molecule has 6 rings (SSSR count). The summed E-state index contributed by atoms with van der Waals surface area (Å²) in [5.74, 6) is 2.84. The second-order valence-electron chi connectivity index (χ2n) is 11.8. The number of benzene rings is 2. The molecule has 2 aromatic heterocycles. The third-order valence-electron chi connectivity index (χ3n) is 7.46. The van der Waals surface area contributed by atoms with Crippen LogP contribution in [0.5, 0.6) is 23.1 Å². The molecule has 0 radical (unpaired) electrons. The Labute approximate surface area is 266 Å². The highest BCUT2D eigenvalue weighted by atomic mass is 16.5. The van der Waals surface area contributed by atoms with Crippen LogP contribution in [0.3, 0.4) is 0 Å². The number of aliphatic imine (C=N–C) groups is 1. The van der Waals surface area contributed by atoms with E-state index in [9.17, 15) is 4.79 Å². The fourth-order valence-corrected chi connectivity index (χ4v) is 5.03. The molecule has 2 N–H and O–H groups in total. The number of nitrogens with one attached hydrogen (secondary N) is 2. The summed E-state index contributed by atoms with van der Waals surface area (Å²) < 4.78 is 23.4. The van der Waals surface area contributed by atoms with Gasteiger partial charge < -0.3 is 29.0 Å². The van der Waals surface area contributed by atoms with Crippen molar-refractivity contribution in [2.75, 3.05) is 30.9 Å². The lowest BCUT2D eigenvalue weighted by atomic mass is 9.93. The van der Waals surface area contributed by atoms with E-state index in [2.05, 4.69) is 47.8 Å². The molecule has 3 heterocycles. The molecule has 2 aromatic carbocycles. The largest absolute Gasteiger partial charge is 0.493 e. The summed E-state index contributed by atoms with van der Waals surface area (Å²) in [5, 5.41) is 10.0. The minimum absolute atomic E-state index is 0.123. The van der Waals surface area contributed by atoms with Crippen LogP contribution in [-0.4, -0.2) is 58.7 Å². The fourth-order valence-electron chi connectivity index (χ4n) is 5.03. The molecule has 1 atom stereocenters. The van der Waals surface area contributed by atoms with Crippen LogP contribution in [0.25, 0.3) is 10.9 Å². The molecule has 12 nitrogen and oxygen atoms in total. The molecule has 0 bridgehead atoms. The first-order valence-electron chi connectivity index (χ1n) is 14.8. The number of ether oxygens (including phenoxy) is 3. The predicted molar refractivity (Wildman–Crippen MR) is 176 cm³/mol. The normalized spacial score (nSPS) is 15.6. The van der Waals surface area contributed by atoms with E-state index in [1.165, 1.54) is 11.9 Å². The third-order valence-corrected chi connectivity index (χ3v) is 7.46. The maximum atomic E-state index is 12.6. The Morgan fingerprint density at radius 2 is 1.93 bits per heavy atom. The molecule has 1 aliphatic heterocycles. The highest BCUT2D eigenvalue weighted by Gasteiger charge is 2.24. The SMILES string of the molecule is COc1cc2ncnc(Oc3cccc(NC(=O)Nc4cc(C(C)(C)C)on4)c3)c2cc1OCCN1C=NC(C)=C2C=CC=CC21. The zero-order chi connectivity index (χ0) is 32.3. The van der Waals surface area contributed by atoms with E-state index >= 15 is 0 Å². The standard InChI is InChI=1S/C34H35N7O5/c1-21-24-11-6-7-12-27(24)41(20-37-21)13-14-44-29-16-25-26(17-28(29)43-5)35-19-36-32(25)45-23-10-8-9-22(15-23)38-33(42)39-31-18-30(46-40-31)34(2,3)4/h6-12,15-20,27H,13-14H2,1-5H3,(H2,38,39,40,42). The Kier molecular flexibility index (Phi) is 8.43. The second-order valence-corrected chi connectivity index (χ2v) is 11.8. The Bertz CT molecular complexity index is 1890. The number of nitrogens with zero attached hydrogens (tertiary/aromatic N) is 5. The van der Waals surface area contributed by atoms with Crippen molar-refractivity contribution in [2.24, 2.45) is 4.99 Å². The van der Waals surface area contributed by atoms with E-state index in [0.29, 0.717) is 64.4 Å². The molecule has 1 unspecified atom stereocenters. The number of urea groups is 1. The van der Waals surface area contributed by atoms with Gasteiger partial charge in [0.15, 0.2) is 17.3 Å². The van der Waals surface area contributed by atoms with Gasteiger partial charge in [-0.3, -0.25) is 5.32 Å². The van der Waals surface area contributed by atoms with Crippen LogP contribution in [0.15, 0.2) is 93.9 Å². The lowest BCUT2D eigenvalue weighted by molar-refractivity contribution is 0.252. The van der Waals surface area contributed by atoms with Gasteiger partial charge in [0.2, 0.25) is 5.88 Å². The van der Waals surface area contributed by atoms with Crippen molar-refractivity contribution in [2.45, 2.75) is 39.2 Å². The summed E-state index contributed by atoms with van der Waals surface area (Å²) in [6.07, 6.45) is 11.6. The minimum atomic E-state index is -0.471. The number of allylic oxidation sites excluding steroid dienone is 3. The minimum Gasteiger partial charge on any atom is -0.493 e. The van der Waals surface area contributed by atoms with Crippen molar-refractivity contribution < 1.29 is 23.5 Å². The maximum Gasteiger partial charge on any atom is 0.324 e. The number of fused-ring (bicyclic) bond motifs is 2. The Balaban J connectivity index is 1.14. The lowest BCUT2D eigenvalue weighted by Crippen LogP contribution is -2.39. The van der Waals surface area contributed by atoms with Gasteiger partial charge in [0.05, 0.1) is 36.9 Å². The molecular formula is C34H35N7O5. The molecule has 0 saturated heterocycles. The van der Waals surface area contributed by atoms with Gasteiger partial charge in [-0.1, -0.05) is 56.3 Å². The maximum absolute atomic E-state index is 12.6. The quantitative estimate of drug-likeness (QED) is 0.206. The van der Waals surface area contributed by atoms with Crippen LogP contribution in [0.1, 0.15) is 33.5 Å². The highest BCUT2D eigenvalue weighted by molar-refractivity contribution is 5.99. The van der Waals surface area contributed by atoms with Crippen LogP contribution in [0.4, 0.5) is 16.3 Å². The molecule has 236 valence electrons. The van der Waals surface area contributed by atoms with E-state index in [-0.39, 0.29) is 11.5 Å². The monoisotopic (exact) mass is 621 g/mol. The topological polar surface area (TPSA) is 136 Å². The molecule has 0 fully saturated rings. The smallest absolute Gasteiger partial charge is 0.324 e. The number of anilines is 2. The van der Waals surface area contributed by atoms with Gasteiger partial charge in [-0.15, -0.1) is 0 Å². The summed E-state index contributed by atoms with van der Waals surface area (Å²) in [6.45, 7) is 9.02. The van der Waals surface area contributed by atoms with Gasteiger partial charge in [-0.05, 0) is 30.7 Å². The van der Waals surface area contributed by atoms with Gasteiger partial charge in [0.25, 0.3) is 0 Å². The predicted octanol–water partition coefficient (Wildman–Crippen LogP) is 6.85. The molecular weight excluding hydrogens is 586 g/mol. The molecule has 0 saturated carbocycles. The molecule has 1 aliphatic carbocycles. The molecule has 46 heavy (non-hydrogen) atoms. The van der Waals surface area contributed by atoms with Crippen LogP contribution in [0, 0.1) is 0 Å². The first-order valence-corrected chi connectivity index (χ1v) is 14.8. The number of rotatable bonds is 9. The van der Waals surface area contributed by atoms with E-state index in [1.54, 1.807) is 43.5 Å². The van der Waals surface area contributed by atoms with E-state index in [1.807, 2.05) is 52.3 Å². The van der Waals surface area contributed by atoms with Gasteiger partial charge >= 0.3 is 6.03 Å². The lowest BCUT2D eigenvalue weighted by Gasteiger charge is -2.33. The van der Waals surface area contributed by atoms with Crippen molar-refractivity contribution in [3.8, 4) is 23.1 Å². The third kappa shape index (κ3) is 6.70. The number of methoxy groups -OCH3 is 1. The van der Waals surface area contributed by atoms with Crippen molar-refractivity contribution >= 4 is 34.8 Å². The number of carbonyl (C=O) groups excluding carboxylic acids is 1. The van der Waals surface area contributed by atoms with E-state index < -0.39 is 6.03 Å². The number of hydrogen-bond acceptors (Lipinski definition) is 10. The van der Waals surface area contributed by atoms with Gasteiger partial charge in [-0.2, -0.15) is 0 Å². The summed E-state index contributed by atoms with van der Waals surface area (Å²) in [6, 6.07) is 11.9. The van der Waals surface area contributed by atoms with E-state index in [4.69, 9.17) is 18.7 Å². The Hall–Kier alpha value is -5.65. The number of aromatic nitrogens is 3. The Morgan fingerprint density at radius 3 is 2.74 bits per heavy atom. The van der Waals surface area contributed by atoms with Gasteiger partial charge in [-0.25, -0.2) is 19.8 Å². The van der Waals surface area contributed by atoms with Crippen molar-refractivity contribution in [1.29, 1.82) is 0 Å². The molecule has 2 amide bonds. The molecule has 2 aliphatic rings. The summed E-state index contributed by atoms with van der Waals surface area (Å²) in [5.41, 5.74) is 3.09. The zero-order valence-corrected chi connectivity index (χ0v) is 26.3. The van der Waals surface area contributed by atoms with Crippen molar-refractivity contribution in [1.82, 2.24) is 20.0 Å². The molecule has 12 heteroatoms. The van der Waals surface area contributed by atoms with Gasteiger partial charge in [0.1, 0.15) is 24.4 Å². The molecule has 0 spiro atoms. The second kappa shape index (κ2) is 12.8. The number of carbonyl (C=O) groups is 1. The first-order chi connectivity index (χ1) is 22.2. The van der Waals surface area contributed by atoms with E-state index in [0.717, 1.165) is 5.70 Å². The van der Waals surface area contributed by atoms with Crippen LogP contribution in [0.2, 0.25) is 0 Å². The van der Waals surface area contributed by atoms with Crippen LogP contribution >= 0.6 is 0 Å². The van der Waals surface area contributed by atoms with Crippen molar-refractivity contribution in [3.63, 3.8) is 0 Å². The first kappa shape index (κ1) is 30.4. The van der Waals surface area contributed by atoms with Crippen LogP contribution < -0.4 is 24.8 Å². The average molecular weight is 622 g/mol. The molecule has 4 aromatic rings. The van der Waals surface area contributed by atoms with Crippen LogP contribution in [-0.2, 0) is 5.41 Å². The highest BCUT2D eigenvalue weighted by Crippen LogP contribution is 2.36. The number of amides is 2. The van der Waals surface area contributed by atoms with Gasteiger partial charge in [0, 0.05) is 35.0 Å². The summed E-state index contributed by atoms with van der Waals surface area (Å²) in [7, 11) is 1.59.